The van der Waals surface area contributed by atoms with Crippen molar-refractivity contribution in [3.05, 3.63) is 224 Å². The fourth-order valence-electron chi connectivity index (χ4n) is 9.24. The number of rotatable bonds is 6. The van der Waals surface area contributed by atoms with Crippen LogP contribution in [0.4, 0.5) is 17.1 Å². The largest absolute Gasteiger partial charge is 0.310 e. The lowest BCUT2D eigenvalue weighted by Gasteiger charge is -2.27. The number of benzene rings is 11. The second-order valence-electron chi connectivity index (χ2n) is 15.7. The summed E-state index contributed by atoms with van der Waals surface area (Å²) in [5.41, 5.74) is 10.6. The molecule has 0 radical (unpaired) electrons. The minimum Gasteiger partial charge on any atom is -0.310 e. The van der Waals surface area contributed by atoms with Gasteiger partial charge in [0.05, 0.1) is 5.69 Å². The highest BCUT2D eigenvalue weighted by atomic mass is 32.1. The molecule has 60 heavy (non-hydrogen) atoms. The Labute approximate surface area is 352 Å². The summed E-state index contributed by atoms with van der Waals surface area (Å²) < 4.78 is 2.58. The van der Waals surface area contributed by atoms with Crippen molar-refractivity contribution in [2.24, 2.45) is 0 Å². The molecule has 0 saturated carbocycles. The molecule has 280 valence electrons. The lowest BCUT2D eigenvalue weighted by molar-refractivity contribution is 1.30. The molecule has 0 spiro atoms. The van der Waals surface area contributed by atoms with Crippen molar-refractivity contribution in [2.45, 2.75) is 0 Å². The first-order valence-corrected chi connectivity index (χ1v) is 21.4. The van der Waals surface area contributed by atoms with Gasteiger partial charge < -0.3 is 4.90 Å². The number of anilines is 3. The maximum Gasteiger partial charge on any atom is 0.0554 e. The van der Waals surface area contributed by atoms with Crippen molar-refractivity contribution in [1.82, 2.24) is 0 Å². The van der Waals surface area contributed by atoms with E-state index in [9.17, 15) is 0 Å². The van der Waals surface area contributed by atoms with E-state index in [0.29, 0.717) is 0 Å². The highest BCUT2D eigenvalue weighted by Crippen LogP contribution is 2.47. The van der Waals surface area contributed by atoms with Crippen LogP contribution in [0.1, 0.15) is 0 Å². The maximum atomic E-state index is 2.45. The lowest BCUT2D eigenvalue weighted by atomic mass is 9.92. The fraction of sp³-hybridized carbons (Fsp3) is 0. The van der Waals surface area contributed by atoms with Crippen LogP contribution in [-0.2, 0) is 0 Å². The third-order valence-corrected chi connectivity index (χ3v) is 13.3. The molecule has 2 heteroatoms. The number of hydrogen-bond donors (Lipinski definition) is 0. The molecule has 0 amide bonds. The van der Waals surface area contributed by atoms with Crippen molar-refractivity contribution >= 4 is 91.7 Å². The molecule has 0 saturated heterocycles. The molecule has 1 heterocycles. The van der Waals surface area contributed by atoms with Gasteiger partial charge in [-0.1, -0.05) is 164 Å². The highest BCUT2D eigenvalue weighted by Gasteiger charge is 2.20. The molecule has 11 aromatic carbocycles. The van der Waals surface area contributed by atoms with Crippen LogP contribution in [0.25, 0.3) is 96.6 Å². The van der Waals surface area contributed by atoms with Crippen molar-refractivity contribution < 1.29 is 0 Å². The molecule has 0 aliphatic carbocycles. The second kappa shape index (κ2) is 14.1. The number of nitrogens with zero attached hydrogens (tertiary/aromatic N) is 1. The Kier molecular flexibility index (Phi) is 8.11. The van der Waals surface area contributed by atoms with E-state index in [1.807, 2.05) is 11.3 Å². The molecule has 0 bridgehead atoms. The first-order chi connectivity index (χ1) is 29.7. The van der Waals surface area contributed by atoms with Crippen molar-refractivity contribution in [2.75, 3.05) is 4.90 Å². The summed E-state index contributed by atoms with van der Waals surface area (Å²) in [6, 6.07) is 82.6. The SMILES string of the molecule is c1cc(-c2ccc(-c3cc4ccccc4c4ccccc34)cc2)cc(N(c2ccc(-c3ccc4ccccc4c3)cc2)c2cccc3sc4cc5ccccc5cc4c23)c1. The van der Waals surface area contributed by atoms with Crippen molar-refractivity contribution in [3.63, 3.8) is 0 Å². The average molecular weight is 780 g/mol. The van der Waals surface area contributed by atoms with E-state index in [4.69, 9.17) is 0 Å². The minimum atomic E-state index is 1.11. The normalized spacial score (nSPS) is 11.7. The Balaban J connectivity index is 0.989. The Morgan fingerprint density at radius 3 is 1.65 bits per heavy atom. The van der Waals surface area contributed by atoms with Crippen LogP contribution in [0.3, 0.4) is 0 Å². The average Bonchev–Trinajstić information content (AvgIpc) is 3.69. The van der Waals surface area contributed by atoms with E-state index < -0.39 is 0 Å². The smallest absolute Gasteiger partial charge is 0.0554 e. The molecule has 0 aliphatic rings. The minimum absolute atomic E-state index is 1.11. The van der Waals surface area contributed by atoms with Gasteiger partial charge in [-0.15, -0.1) is 11.3 Å². The Morgan fingerprint density at radius 2 is 0.867 bits per heavy atom. The summed E-state index contributed by atoms with van der Waals surface area (Å²) in [6.45, 7) is 0. The van der Waals surface area contributed by atoms with Crippen LogP contribution in [0.15, 0.2) is 224 Å². The van der Waals surface area contributed by atoms with E-state index in [1.165, 1.54) is 102 Å². The molecule has 0 atom stereocenters. The zero-order valence-electron chi connectivity index (χ0n) is 32.7. The monoisotopic (exact) mass is 779 g/mol. The van der Waals surface area contributed by atoms with Crippen molar-refractivity contribution in [1.29, 1.82) is 0 Å². The topological polar surface area (TPSA) is 3.24 Å². The van der Waals surface area contributed by atoms with Gasteiger partial charge in [-0.2, -0.15) is 0 Å². The highest BCUT2D eigenvalue weighted by molar-refractivity contribution is 7.26. The van der Waals surface area contributed by atoms with Gasteiger partial charge in [0.15, 0.2) is 0 Å². The Hall–Kier alpha value is -7.52. The van der Waals surface area contributed by atoms with Gasteiger partial charge in [0.25, 0.3) is 0 Å². The van der Waals surface area contributed by atoms with Gasteiger partial charge in [0.2, 0.25) is 0 Å². The summed E-state index contributed by atoms with van der Waals surface area (Å²) in [5, 5.41) is 12.7. The van der Waals surface area contributed by atoms with Crippen molar-refractivity contribution in [3.8, 4) is 33.4 Å². The van der Waals surface area contributed by atoms with Crippen LogP contribution in [0.2, 0.25) is 0 Å². The van der Waals surface area contributed by atoms with Gasteiger partial charge in [0.1, 0.15) is 0 Å². The maximum absolute atomic E-state index is 2.45. The van der Waals surface area contributed by atoms with E-state index in [0.717, 1.165) is 11.4 Å². The zero-order chi connectivity index (χ0) is 39.6. The standard InChI is InChI=1S/C58H37NS/c1-2-12-42-33-46(28-25-38(42)11-1)40-29-31-48(32-30-40)59(55-21-10-22-56-58(55)54-35-44-13-3-4-14-45(44)37-57(54)60-56)49-17-9-16-43(34-49)39-23-26-41(27-24-39)53-36-47-15-5-6-18-50(47)51-19-7-8-20-52(51)53/h1-37H. The van der Waals surface area contributed by atoms with E-state index in [1.54, 1.807) is 0 Å². The van der Waals surface area contributed by atoms with E-state index in [-0.39, 0.29) is 0 Å². The number of thiophene rings is 1. The zero-order valence-corrected chi connectivity index (χ0v) is 33.5. The van der Waals surface area contributed by atoms with Crippen LogP contribution >= 0.6 is 11.3 Å². The first kappa shape index (κ1) is 34.5. The summed E-state index contributed by atoms with van der Waals surface area (Å²) in [6.07, 6.45) is 0. The molecule has 12 aromatic rings. The number of fused-ring (bicyclic) bond motifs is 8. The summed E-state index contributed by atoms with van der Waals surface area (Å²) in [5.74, 6) is 0. The molecule has 0 aliphatic heterocycles. The lowest BCUT2D eigenvalue weighted by Crippen LogP contribution is -2.10. The van der Waals surface area contributed by atoms with Gasteiger partial charge in [-0.3, -0.25) is 0 Å². The van der Waals surface area contributed by atoms with Gasteiger partial charge >= 0.3 is 0 Å². The first-order valence-electron chi connectivity index (χ1n) is 20.6. The van der Waals surface area contributed by atoms with Crippen LogP contribution in [0, 0.1) is 0 Å². The predicted molar refractivity (Wildman–Crippen MR) is 260 cm³/mol. The molecular weight excluding hydrogens is 743 g/mol. The summed E-state index contributed by atoms with van der Waals surface area (Å²) in [4.78, 5) is 2.45. The van der Waals surface area contributed by atoms with E-state index >= 15 is 0 Å². The van der Waals surface area contributed by atoms with Crippen LogP contribution < -0.4 is 4.90 Å². The third-order valence-electron chi connectivity index (χ3n) is 12.2. The molecule has 12 rings (SSSR count). The third kappa shape index (κ3) is 5.84. The quantitative estimate of drug-likeness (QED) is 0.152. The summed E-state index contributed by atoms with van der Waals surface area (Å²) in [7, 11) is 0. The van der Waals surface area contributed by atoms with Gasteiger partial charge in [-0.25, -0.2) is 0 Å². The Morgan fingerprint density at radius 1 is 0.283 bits per heavy atom. The molecule has 0 N–H and O–H groups in total. The van der Waals surface area contributed by atoms with Crippen LogP contribution in [0.5, 0.6) is 0 Å². The molecule has 0 fully saturated rings. The van der Waals surface area contributed by atoms with Crippen LogP contribution in [-0.4, -0.2) is 0 Å². The molecule has 1 aromatic heterocycles. The Bertz CT molecular complexity index is 3600. The molecule has 0 unspecified atom stereocenters. The second-order valence-corrected chi connectivity index (χ2v) is 16.8. The summed E-state index contributed by atoms with van der Waals surface area (Å²) >= 11 is 1.87. The molecular formula is C58H37NS. The van der Waals surface area contributed by atoms with E-state index in [2.05, 4.69) is 229 Å². The molecule has 1 nitrogen and oxygen atoms in total. The van der Waals surface area contributed by atoms with Gasteiger partial charge in [-0.05, 0) is 137 Å². The predicted octanol–water partition coefficient (Wildman–Crippen LogP) is 17.1. The van der Waals surface area contributed by atoms with Gasteiger partial charge in [0, 0.05) is 31.5 Å². The number of hydrogen-bond acceptors (Lipinski definition) is 2. The fourth-order valence-corrected chi connectivity index (χ4v) is 10.4.